The van der Waals surface area contributed by atoms with E-state index in [0.717, 1.165) is 0 Å². The Labute approximate surface area is 167 Å². The van der Waals surface area contributed by atoms with Gasteiger partial charge in [-0.25, -0.2) is 0 Å². The van der Waals surface area contributed by atoms with Crippen molar-refractivity contribution in [2.75, 3.05) is 0 Å². The quantitative estimate of drug-likeness (QED) is 0.247. The molecular weight excluding hydrogens is 316 g/mol. The highest BCUT2D eigenvalue weighted by Gasteiger charge is 2.43. The molecule has 0 aliphatic carbocycles. The van der Waals surface area contributed by atoms with Gasteiger partial charge in [-0.05, 0) is 46.0 Å². The molecule has 0 N–H and O–H groups in total. The van der Waals surface area contributed by atoms with E-state index in [1.54, 1.807) is 0 Å². The van der Waals surface area contributed by atoms with Crippen molar-refractivity contribution < 1.29 is 4.74 Å². The molecule has 1 heteroatoms. The van der Waals surface area contributed by atoms with Gasteiger partial charge in [0.05, 0.1) is 11.2 Å². The molecule has 0 saturated heterocycles. The van der Waals surface area contributed by atoms with Crippen LogP contribution in [0.1, 0.15) is 145 Å². The fourth-order valence-corrected chi connectivity index (χ4v) is 4.06. The van der Waals surface area contributed by atoms with Crippen LogP contribution >= 0.6 is 0 Å². The molecule has 0 fully saturated rings. The zero-order valence-corrected chi connectivity index (χ0v) is 19.8. The first-order valence-corrected chi connectivity index (χ1v) is 11.8. The van der Waals surface area contributed by atoms with Crippen LogP contribution in [0.4, 0.5) is 0 Å². The second-order valence-corrected chi connectivity index (χ2v) is 10.4. The Morgan fingerprint density at radius 1 is 0.500 bits per heavy atom. The van der Waals surface area contributed by atoms with Crippen LogP contribution in [0.15, 0.2) is 0 Å². The lowest BCUT2D eigenvalue weighted by Crippen LogP contribution is -2.48. The number of unbranched alkanes of at least 4 members (excludes halogenated alkanes) is 10. The van der Waals surface area contributed by atoms with Crippen molar-refractivity contribution in [1.82, 2.24) is 0 Å². The number of hydrogen-bond acceptors (Lipinski definition) is 1. The van der Waals surface area contributed by atoms with Gasteiger partial charge in [-0.1, -0.05) is 105 Å². The van der Waals surface area contributed by atoms with Crippen molar-refractivity contribution in [3.63, 3.8) is 0 Å². The average molecular weight is 369 g/mol. The Hall–Kier alpha value is -0.0400. The monoisotopic (exact) mass is 368 g/mol. The van der Waals surface area contributed by atoms with Gasteiger partial charge in [0.1, 0.15) is 0 Å². The topological polar surface area (TPSA) is 9.23 Å². The maximum Gasteiger partial charge on any atom is 0.0712 e. The largest absolute Gasteiger partial charge is 0.369 e. The van der Waals surface area contributed by atoms with E-state index in [4.69, 9.17) is 4.74 Å². The summed E-state index contributed by atoms with van der Waals surface area (Å²) in [5.74, 6) is 0. The molecule has 0 aliphatic rings. The van der Waals surface area contributed by atoms with Crippen molar-refractivity contribution in [2.45, 2.75) is 156 Å². The minimum Gasteiger partial charge on any atom is -0.369 e. The molecule has 0 aromatic heterocycles. The maximum atomic E-state index is 6.69. The summed E-state index contributed by atoms with van der Waals surface area (Å²) >= 11 is 0. The van der Waals surface area contributed by atoms with Crippen molar-refractivity contribution in [3.05, 3.63) is 0 Å². The van der Waals surface area contributed by atoms with Crippen molar-refractivity contribution in [3.8, 4) is 0 Å². The molecule has 26 heavy (non-hydrogen) atoms. The van der Waals surface area contributed by atoms with E-state index >= 15 is 0 Å². The van der Waals surface area contributed by atoms with Gasteiger partial charge in [-0.3, -0.25) is 0 Å². The molecule has 0 saturated carbocycles. The SMILES string of the molecule is CCCCCCCCCCC(C)(C)C(C)(CCCCCC)OC(C)(C)C. The summed E-state index contributed by atoms with van der Waals surface area (Å²) in [6.45, 7) is 18.5. The standard InChI is InChI=1S/C25H52O/c1-9-11-13-15-16-17-18-19-21-24(6,7)25(8,26-23(3,4)5)22-20-14-12-10-2/h9-22H2,1-8H3. The first-order valence-electron chi connectivity index (χ1n) is 11.8. The normalized spacial score (nSPS) is 15.2. The van der Waals surface area contributed by atoms with E-state index in [0.29, 0.717) is 0 Å². The molecule has 0 spiro atoms. The molecule has 1 nitrogen and oxygen atoms in total. The lowest BCUT2D eigenvalue weighted by Gasteiger charge is -2.48. The molecular formula is C25H52O. The second kappa shape index (κ2) is 13.2. The van der Waals surface area contributed by atoms with E-state index < -0.39 is 0 Å². The highest BCUT2D eigenvalue weighted by atomic mass is 16.5. The fourth-order valence-electron chi connectivity index (χ4n) is 4.06. The minimum atomic E-state index is -0.0734. The van der Waals surface area contributed by atoms with Crippen LogP contribution in [0, 0.1) is 5.41 Å². The first-order chi connectivity index (χ1) is 12.1. The number of ether oxygens (including phenoxy) is 1. The third-order valence-electron chi connectivity index (χ3n) is 6.13. The van der Waals surface area contributed by atoms with E-state index in [1.807, 2.05) is 0 Å². The zero-order chi connectivity index (χ0) is 20.1. The van der Waals surface area contributed by atoms with E-state index in [2.05, 4.69) is 55.4 Å². The average Bonchev–Trinajstić information content (AvgIpc) is 2.52. The summed E-state index contributed by atoms with van der Waals surface area (Å²) in [6.07, 6.45) is 18.9. The molecule has 158 valence electrons. The molecule has 0 rings (SSSR count). The fraction of sp³-hybridized carbons (Fsp3) is 1.00. The summed E-state index contributed by atoms with van der Waals surface area (Å²) in [5, 5.41) is 0. The Morgan fingerprint density at radius 3 is 1.35 bits per heavy atom. The zero-order valence-electron chi connectivity index (χ0n) is 19.8. The Morgan fingerprint density at radius 2 is 0.885 bits per heavy atom. The van der Waals surface area contributed by atoms with Gasteiger partial charge in [-0.2, -0.15) is 0 Å². The van der Waals surface area contributed by atoms with Crippen molar-refractivity contribution in [1.29, 1.82) is 0 Å². The minimum absolute atomic E-state index is 0.0277. The molecule has 0 aromatic carbocycles. The van der Waals surface area contributed by atoms with Gasteiger partial charge in [0.2, 0.25) is 0 Å². The lowest BCUT2D eigenvalue weighted by molar-refractivity contribution is -0.184. The predicted octanol–water partition coefficient (Wildman–Crippen LogP) is 9.09. The highest BCUT2D eigenvalue weighted by Crippen LogP contribution is 2.44. The molecule has 0 aliphatic heterocycles. The van der Waals surface area contributed by atoms with Gasteiger partial charge in [0.15, 0.2) is 0 Å². The third kappa shape index (κ3) is 11.6. The van der Waals surface area contributed by atoms with Gasteiger partial charge in [0, 0.05) is 0 Å². The second-order valence-electron chi connectivity index (χ2n) is 10.4. The molecule has 0 heterocycles. The third-order valence-corrected chi connectivity index (χ3v) is 6.13. The van der Waals surface area contributed by atoms with Crippen LogP contribution in [0.2, 0.25) is 0 Å². The molecule has 0 bridgehead atoms. The van der Waals surface area contributed by atoms with Crippen LogP contribution in [-0.2, 0) is 4.74 Å². The summed E-state index contributed by atoms with van der Waals surface area (Å²) in [5.41, 5.74) is 0.130. The Balaban J connectivity index is 4.47. The van der Waals surface area contributed by atoms with Crippen LogP contribution < -0.4 is 0 Å². The van der Waals surface area contributed by atoms with Crippen LogP contribution in [0.3, 0.4) is 0 Å². The van der Waals surface area contributed by atoms with Gasteiger partial charge in [0.25, 0.3) is 0 Å². The van der Waals surface area contributed by atoms with E-state index in [1.165, 1.54) is 89.9 Å². The molecule has 0 aromatic rings. The summed E-state index contributed by atoms with van der Waals surface area (Å²) < 4.78 is 6.69. The van der Waals surface area contributed by atoms with Gasteiger partial charge < -0.3 is 4.74 Å². The van der Waals surface area contributed by atoms with Crippen LogP contribution in [-0.4, -0.2) is 11.2 Å². The predicted molar refractivity (Wildman–Crippen MR) is 119 cm³/mol. The highest BCUT2D eigenvalue weighted by molar-refractivity contribution is 4.93. The van der Waals surface area contributed by atoms with Crippen LogP contribution in [0.5, 0.6) is 0 Å². The summed E-state index contributed by atoms with van der Waals surface area (Å²) in [4.78, 5) is 0. The molecule has 0 amide bonds. The van der Waals surface area contributed by atoms with E-state index in [9.17, 15) is 0 Å². The molecule has 1 unspecified atom stereocenters. The molecule has 0 radical (unpaired) electrons. The molecule has 1 atom stereocenters. The number of rotatable bonds is 16. The maximum absolute atomic E-state index is 6.69. The Kier molecular flexibility index (Phi) is 13.2. The van der Waals surface area contributed by atoms with Crippen molar-refractivity contribution in [2.24, 2.45) is 5.41 Å². The van der Waals surface area contributed by atoms with Gasteiger partial charge >= 0.3 is 0 Å². The van der Waals surface area contributed by atoms with E-state index in [-0.39, 0.29) is 16.6 Å². The van der Waals surface area contributed by atoms with Crippen molar-refractivity contribution >= 4 is 0 Å². The smallest absolute Gasteiger partial charge is 0.0712 e. The summed E-state index contributed by atoms with van der Waals surface area (Å²) in [6, 6.07) is 0. The first kappa shape index (κ1) is 26.0. The lowest BCUT2D eigenvalue weighted by atomic mass is 9.69. The van der Waals surface area contributed by atoms with Crippen LogP contribution in [0.25, 0.3) is 0 Å². The number of hydrogen-bond donors (Lipinski definition) is 0. The van der Waals surface area contributed by atoms with Gasteiger partial charge in [-0.15, -0.1) is 0 Å². The Bertz CT molecular complexity index is 326. The summed E-state index contributed by atoms with van der Waals surface area (Å²) in [7, 11) is 0.